The Balaban J connectivity index is 2.46. The molecule has 0 bridgehead atoms. The van der Waals surface area contributed by atoms with Crippen LogP contribution in [0, 0.1) is 10.1 Å². The number of nitrogens with one attached hydrogen (secondary N) is 1. The molecule has 8 nitrogen and oxygen atoms in total. The predicted molar refractivity (Wildman–Crippen MR) is 94.2 cm³/mol. The van der Waals surface area contributed by atoms with E-state index in [1.54, 1.807) is 24.3 Å². The van der Waals surface area contributed by atoms with Crippen molar-refractivity contribution in [2.45, 2.75) is 17.4 Å². The number of ether oxygens (including phenoxy) is 1. The third kappa shape index (κ3) is 4.57. The van der Waals surface area contributed by atoms with Crippen molar-refractivity contribution in [3.63, 3.8) is 0 Å². The van der Waals surface area contributed by atoms with Crippen molar-refractivity contribution in [1.82, 2.24) is 4.72 Å². The van der Waals surface area contributed by atoms with Crippen molar-refractivity contribution in [3.05, 3.63) is 69.2 Å². The van der Waals surface area contributed by atoms with Crippen LogP contribution in [0.1, 0.15) is 18.0 Å². The summed E-state index contributed by atoms with van der Waals surface area (Å²) in [5, 5.41) is 11.4. The van der Waals surface area contributed by atoms with Crippen molar-refractivity contribution in [1.29, 1.82) is 0 Å². The number of benzene rings is 2. The summed E-state index contributed by atoms with van der Waals surface area (Å²) in [5.74, 6) is -0.666. The first-order valence-electron chi connectivity index (χ1n) is 7.33. The summed E-state index contributed by atoms with van der Waals surface area (Å²) >= 11 is 6.11. The maximum atomic E-state index is 12.7. The maximum absolute atomic E-state index is 12.7. The fourth-order valence-electron chi connectivity index (χ4n) is 2.31. The van der Waals surface area contributed by atoms with Crippen molar-refractivity contribution >= 4 is 33.3 Å². The number of hydrogen-bond acceptors (Lipinski definition) is 6. The number of sulfonamides is 1. The number of hydrogen-bond donors (Lipinski definition) is 1. The molecule has 0 spiro atoms. The monoisotopic (exact) mass is 398 g/mol. The highest BCUT2D eigenvalue weighted by Crippen LogP contribution is 2.29. The fourth-order valence-corrected chi connectivity index (χ4v) is 3.96. The summed E-state index contributed by atoms with van der Waals surface area (Å²) in [4.78, 5) is 21.5. The number of methoxy groups -OCH3 is 1. The van der Waals surface area contributed by atoms with E-state index in [0.717, 1.165) is 12.1 Å². The lowest BCUT2D eigenvalue weighted by molar-refractivity contribution is -0.387. The molecule has 10 heteroatoms. The minimum absolute atomic E-state index is 0.242. The first kappa shape index (κ1) is 19.8. The molecule has 0 aliphatic rings. The van der Waals surface area contributed by atoms with Gasteiger partial charge in [0.15, 0.2) is 4.90 Å². The number of nitro benzene ring substituents is 1. The Hall–Kier alpha value is -2.49. The van der Waals surface area contributed by atoms with Crippen molar-refractivity contribution in [2.75, 3.05) is 7.11 Å². The average Bonchev–Trinajstić information content (AvgIpc) is 2.61. The Labute approximate surface area is 154 Å². The van der Waals surface area contributed by atoms with Gasteiger partial charge in [0.05, 0.1) is 24.5 Å². The Morgan fingerprint density at radius 2 is 1.85 bits per heavy atom. The Bertz CT molecular complexity index is 932. The van der Waals surface area contributed by atoms with Gasteiger partial charge in [0.1, 0.15) is 0 Å². The second-order valence-corrected chi connectivity index (χ2v) is 7.29. The quantitative estimate of drug-likeness (QED) is 0.435. The molecule has 1 atom stereocenters. The molecular weight excluding hydrogens is 384 g/mol. The summed E-state index contributed by atoms with van der Waals surface area (Å²) in [6.07, 6.45) is -0.333. The van der Waals surface area contributed by atoms with Gasteiger partial charge in [-0.15, -0.1) is 0 Å². The number of esters is 1. The lowest BCUT2D eigenvalue weighted by Gasteiger charge is -2.19. The molecule has 0 amide bonds. The third-order valence-corrected chi connectivity index (χ3v) is 5.39. The van der Waals surface area contributed by atoms with Gasteiger partial charge >= 0.3 is 5.97 Å². The predicted octanol–water partition coefficient (Wildman–Crippen LogP) is 2.83. The molecule has 0 saturated heterocycles. The first-order chi connectivity index (χ1) is 12.3. The van der Waals surface area contributed by atoms with E-state index in [0.29, 0.717) is 5.56 Å². The molecule has 2 aromatic carbocycles. The third-order valence-electron chi connectivity index (χ3n) is 3.53. The van der Waals surface area contributed by atoms with Crippen LogP contribution in [0.2, 0.25) is 5.02 Å². The number of rotatable bonds is 7. The van der Waals surface area contributed by atoms with Gasteiger partial charge in [-0.25, -0.2) is 13.1 Å². The van der Waals surface area contributed by atoms with E-state index in [9.17, 15) is 23.3 Å². The highest BCUT2D eigenvalue weighted by molar-refractivity contribution is 7.89. The fraction of sp³-hybridized carbons (Fsp3) is 0.188. The van der Waals surface area contributed by atoms with Crippen LogP contribution in [0.3, 0.4) is 0 Å². The van der Waals surface area contributed by atoms with E-state index in [2.05, 4.69) is 9.46 Å². The van der Waals surface area contributed by atoms with Crippen LogP contribution in [-0.2, 0) is 19.6 Å². The number of halogens is 1. The number of para-hydroxylation sites is 1. The second-order valence-electron chi connectivity index (χ2n) is 5.20. The van der Waals surface area contributed by atoms with Gasteiger partial charge in [-0.05, 0) is 17.7 Å². The largest absolute Gasteiger partial charge is 0.469 e. The van der Waals surface area contributed by atoms with E-state index in [4.69, 9.17) is 11.6 Å². The summed E-state index contributed by atoms with van der Waals surface area (Å²) in [7, 11) is -3.14. The van der Waals surface area contributed by atoms with E-state index in [1.165, 1.54) is 19.2 Å². The van der Waals surface area contributed by atoms with Crippen LogP contribution in [-0.4, -0.2) is 26.4 Å². The molecule has 0 aliphatic heterocycles. The van der Waals surface area contributed by atoms with Gasteiger partial charge in [-0.3, -0.25) is 14.9 Å². The summed E-state index contributed by atoms with van der Waals surface area (Å²) in [5.41, 5.74) is -0.224. The van der Waals surface area contributed by atoms with Crippen LogP contribution < -0.4 is 4.72 Å². The Morgan fingerprint density at radius 1 is 1.23 bits per heavy atom. The number of nitro groups is 1. The minimum atomic E-state index is -4.31. The van der Waals surface area contributed by atoms with Gasteiger partial charge in [0.25, 0.3) is 5.69 Å². The molecule has 0 radical (unpaired) electrons. The Morgan fingerprint density at radius 3 is 2.46 bits per heavy atom. The zero-order valence-corrected chi connectivity index (χ0v) is 15.2. The smallest absolute Gasteiger partial charge is 0.307 e. The lowest BCUT2D eigenvalue weighted by atomic mass is 10.1. The van der Waals surface area contributed by atoms with Crippen LogP contribution in [0.25, 0.3) is 0 Å². The molecule has 0 saturated carbocycles. The van der Waals surface area contributed by atoms with Crippen molar-refractivity contribution in [2.24, 2.45) is 0 Å². The van der Waals surface area contributed by atoms with E-state index >= 15 is 0 Å². The highest BCUT2D eigenvalue weighted by Gasteiger charge is 2.30. The van der Waals surface area contributed by atoms with Gasteiger partial charge < -0.3 is 4.74 Å². The van der Waals surface area contributed by atoms with Gasteiger partial charge in [-0.2, -0.15) is 0 Å². The summed E-state index contributed by atoms with van der Waals surface area (Å²) in [6, 6.07) is 10.2. The van der Waals surface area contributed by atoms with Gasteiger partial charge in [-0.1, -0.05) is 41.9 Å². The molecule has 138 valence electrons. The minimum Gasteiger partial charge on any atom is -0.469 e. The second kappa shape index (κ2) is 8.26. The van der Waals surface area contributed by atoms with Crippen LogP contribution in [0.15, 0.2) is 53.4 Å². The SMILES string of the molecule is COC(=O)CC(NS(=O)(=O)c1ccccc1[N+](=O)[O-])c1ccccc1Cl. The van der Waals surface area contributed by atoms with Gasteiger partial charge in [0, 0.05) is 11.1 Å². The molecule has 2 rings (SSSR count). The summed E-state index contributed by atoms with van der Waals surface area (Å²) < 4.78 is 32.3. The zero-order chi connectivity index (χ0) is 19.3. The van der Waals surface area contributed by atoms with Crippen molar-refractivity contribution in [3.8, 4) is 0 Å². The number of carbonyl (C=O) groups is 1. The average molecular weight is 399 g/mol. The standard InChI is InChI=1S/C16H15ClN2O6S/c1-25-16(20)10-13(11-6-2-3-7-12(11)17)18-26(23,24)15-9-5-4-8-14(15)19(21)22/h2-9,13,18H,10H2,1H3. The van der Waals surface area contributed by atoms with Crippen LogP contribution in [0.4, 0.5) is 5.69 Å². The molecule has 0 aliphatic carbocycles. The van der Waals surface area contributed by atoms with E-state index < -0.39 is 37.5 Å². The molecule has 2 aromatic rings. The topological polar surface area (TPSA) is 116 Å². The van der Waals surface area contributed by atoms with Crippen LogP contribution >= 0.6 is 11.6 Å². The molecule has 1 unspecified atom stereocenters. The molecule has 0 aromatic heterocycles. The first-order valence-corrected chi connectivity index (χ1v) is 9.19. The summed E-state index contributed by atoms with van der Waals surface area (Å²) in [6.45, 7) is 0. The highest BCUT2D eigenvalue weighted by atomic mass is 35.5. The molecule has 1 N–H and O–H groups in total. The molecule has 0 fully saturated rings. The van der Waals surface area contributed by atoms with E-state index in [1.807, 2.05) is 0 Å². The molecule has 26 heavy (non-hydrogen) atoms. The number of carbonyl (C=O) groups excluding carboxylic acids is 1. The molecule has 0 heterocycles. The van der Waals surface area contributed by atoms with Gasteiger partial charge in [0.2, 0.25) is 10.0 Å². The zero-order valence-electron chi connectivity index (χ0n) is 13.6. The normalized spacial score (nSPS) is 12.4. The lowest BCUT2D eigenvalue weighted by Crippen LogP contribution is -2.31. The Kier molecular flexibility index (Phi) is 6.30. The maximum Gasteiger partial charge on any atom is 0.307 e. The van der Waals surface area contributed by atoms with Crippen LogP contribution in [0.5, 0.6) is 0 Å². The van der Waals surface area contributed by atoms with Crippen molar-refractivity contribution < 1.29 is 22.9 Å². The number of nitrogens with zero attached hydrogens (tertiary/aromatic N) is 1. The van der Waals surface area contributed by atoms with E-state index in [-0.39, 0.29) is 11.4 Å². The molecular formula is C16H15ClN2O6S.